The van der Waals surface area contributed by atoms with Crippen molar-refractivity contribution in [2.24, 2.45) is 10.7 Å². The smallest absolute Gasteiger partial charge is 0.239 e. The highest BCUT2D eigenvalue weighted by atomic mass is 32.2. The molecule has 1 aliphatic rings. The fraction of sp³-hybridized carbons (Fsp3) is 0.278. The van der Waals surface area contributed by atoms with Gasteiger partial charge in [-0.3, -0.25) is 0 Å². The molecule has 3 N–H and O–H groups in total. The highest BCUT2D eigenvalue weighted by molar-refractivity contribution is 7.89. The quantitative estimate of drug-likeness (QED) is 0.601. The molecule has 3 aromatic rings. The predicted molar refractivity (Wildman–Crippen MR) is 112 cm³/mol. The van der Waals surface area contributed by atoms with Crippen molar-refractivity contribution >= 4 is 38.7 Å². The average molecular weight is 446 g/mol. The number of fused-ring (bicyclic) bond motifs is 1. The third kappa shape index (κ3) is 3.67. The number of hydrogen-bond acceptors (Lipinski definition) is 10. The fourth-order valence-electron chi connectivity index (χ4n) is 3.25. The number of nitrogens with zero attached hydrogens (tertiary/aromatic N) is 6. The lowest BCUT2D eigenvalue weighted by Crippen LogP contribution is -2.50. The van der Waals surface area contributed by atoms with Crippen molar-refractivity contribution in [1.29, 1.82) is 0 Å². The van der Waals surface area contributed by atoms with Crippen molar-refractivity contribution in [2.75, 3.05) is 25.2 Å². The average Bonchev–Trinajstić information content (AvgIpc) is 2.72. The summed E-state index contributed by atoms with van der Waals surface area (Å²) in [7, 11) is -0.980. The van der Waals surface area contributed by atoms with E-state index in [1.807, 2.05) is 0 Å². The Hall–Kier alpha value is -3.61. The number of anilines is 2. The number of hydrogen-bond donors (Lipinski definition) is 2. The van der Waals surface area contributed by atoms with Gasteiger partial charge in [0, 0.05) is 18.8 Å². The van der Waals surface area contributed by atoms with Crippen LogP contribution >= 0.6 is 0 Å². The van der Waals surface area contributed by atoms with Crippen LogP contribution in [0.25, 0.3) is 11.0 Å². The van der Waals surface area contributed by atoms with Gasteiger partial charge in [-0.1, -0.05) is 0 Å². The van der Waals surface area contributed by atoms with Crippen LogP contribution in [0.2, 0.25) is 0 Å². The lowest BCUT2D eigenvalue weighted by Gasteiger charge is -2.34. The number of aromatic nitrogens is 4. The van der Waals surface area contributed by atoms with E-state index < -0.39 is 27.1 Å². The number of pyridine rings is 2. The Balaban J connectivity index is 1.75. The molecule has 3 aromatic heterocycles. The number of guanidine groups is 1. The second kappa shape index (κ2) is 7.27. The summed E-state index contributed by atoms with van der Waals surface area (Å²) in [4.78, 5) is 21.1. The first-order chi connectivity index (χ1) is 14.6. The molecule has 1 atom stereocenters. The zero-order valence-corrected chi connectivity index (χ0v) is 17.7. The van der Waals surface area contributed by atoms with Crippen LogP contribution in [-0.4, -0.2) is 58.5 Å². The Morgan fingerprint density at radius 2 is 2.06 bits per heavy atom. The van der Waals surface area contributed by atoms with E-state index in [-0.39, 0.29) is 17.3 Å². The summed E-state index contributed by atoms with van der Waals surface area (Å²) in [5.41, 5.74) is 5.35. The van der Waals surface area contributed by atoms with Crippen LogP contribution in [0.4, 0.5) is 16.0 Å². The van der Waals surface area contributed by atoms with Crippen LogP contribution in [0, 0.1) is 5.82 Å². The topological polar surface area (TPSA) is 149 Å². The Morgan fingerprint density at radius 3 is 2.77 bits per heavy atom. The number of nitrogens with two attached hydrogens (primary N) is 1. The maximum atomic E-state index is 14.7. The summed E-state index contributed by atoms with van der Waals surface area (Å²) < 4.78 is 45.5. The van der Waals surface area contributed by atoms with Gasteiger partial charge in [0.25, 0.3) is 0 Å². The van der Waals surface area contributed by atoms with Gasteiger partial charge in [0.1, 0.15) is 22.7 Å². The molecule has 0 aromatic carbocycles. The maximum Gasteiger partial charge on any atom is 0.239 e. The van der Waals surface area contributed by atoms with Gasteiger partial charge in [-0.15, -0.1) is 0 Å². The third-order valence-electron chi connectivity index (χ3n) is 4.89. The molecule has 0 saturated carbocycles. The van der Waals surface area contributed by atoms with E-state index in [0.717, 1.165) is 10.5 Å². The van der Waals surface area contributed by atoms with E-state index in [9.17, 15) is 12.8 Å². The van der Waals surface area contributed by atoms with Gasteiger partial charge in [0.05, 0.1) is 30.8 Å². The zero-order valence-electron chi connectivity index (χ0n) is 16.9. The number of methoxy groups -OCH3 is 1. The summed E-state index contributed by atoms with van der Waals surface area (Å²) in [6, 6.07) is 3.05. The highest BCUT2D eigenvalue weighted by Gasteiger charge is 2.42. The van der Waals surface area contributed by atoms with E-state index in [2.05, 4.69) is 30.2 Å². The van der Waals surface area contributed by atoms with Crippen molar-refractivity contribution in [1.82, 2.24) is 24.2 Å². The van der Waals surface area contributed by atoms with Crippen molar-refractivity contribution in [3.05, 3.63) is 42.1 Å². The van der Waals surface area contributed by atoms with Gasteiger partial charge in [-0.2, -0.15) is 0 Å². The minimum atomic E-state index is -3.76. The molecule has 4 heterocycles. The molecule has 0 unspecified atom stereocenters. The lowest BCUT2D eigenvalue weighted by atomic mass is 9.95. The molecular formula is C18H19FN8O3S. The van der Waals surface area contributed by atoms with Crippen LogP contribution in [-0.2, 0) is 15.6 Å². The molecule has 31 heavy (non-hydrogen) atoms. The number of nitrogens with one attached hydrogen (secondary N) is 1. The molecule has 0 spiro atoms. The maximum absolute atomic E-state index is 14.7. The van der Waals surface area contributed by atoms with Gasteiger partial charge in [0.15, 0.2) is 5.82 Å². The number of aliphatic imine (C=N–C) groups is 1. The lowest BCUT2D eigenvalue weighted by molar-refractivity contribution is 0.397. The normalized spacial score (nSPS) is 20.4. The van der Waals surface area contributed by atoms with Gasteiger partial charge >= 0.3 is 0 Å². The predicted octanol–water partition coefficient (Wildman–Crippen LogP) is 1.12. The number of ether oxygens (including phenoxy) is 1. The molecule has 0 fully saturated rings. The van der Waals surface area contributed by atoms with Crippen LogP contribution in [0.15, 0.2) is 35.7 Å². The molecule has 11 nitrogen and oxygen atoms in total. The second-order valence-corrected chi connectivity index (χ2v) is 9.08. The summed E-state index contributed by atoms with van der Waals surface area (Å²) >= 11 is 0. The van der Waals surface area contributed by atoms with E-state index in [4.69, 9.17) is 10.5 Å². The van der Waals surface area contributed by atoms with E-state index in [1.165, 1.54) is 39.5 Å². The Kier molecular flexibility index (Phi) is 4.84. The molecule has 13 heteroatoms. The van der Waals surface area contributed by atoms with Crippen LogP contribution in [0.3, 0.4) is 0 Å². The van der Waals surface area contributed by atoms with E-state index in [0.29, 0.717) is 22.7 Å². The molecule has 0 radical (unpaired) electrons. The molecule has 0 amide bonds. The molecule has 162 valence electrons. The molecule has 0 aliphatic carbocycles. The molecule has 0 saturated heterocycles. The van der Waals surface area contributed by atoms with Crippen LogP contribution < -0.4 is 15.8 Å². The number of sulfonamides is 1. The Bertz CT molecular complexity index is 1320. The SMILES string of the molecule is COc1cnc2c(Nc3cc([C@]4(C)CS(=O)(=O)N(C)C(N)=N4)c(F)cn3)nccc2n1. The molecular weight excluding hydrogens is 427 g/mol. The van der Waals surface area contributed by atoms with Gasteiger partial charge in [-0.05, 0) is 19.1 Å². The number of rotatable bonds is 4. The van der Waals surface area contributed by atoms with Crippen LogP contribution in [0.5, 0.6) is 5.88 Å². The zero-order chi connectivity index (χ0) is 22.4. The summed E-state index contributed by atoms with van der Waals surface area (Å²) in [6.07, 6.45) is 3.96. The van der Waals surface area contributed by atoms with E-state index in [1.54, 1.807) is 6.07 Å². The first kappa shape index (κ1) is 20.7. The monoisotopic (exact) mass is 446 g/mol. The molecule has 1 aliphatic heterocycles. The largest absolute Gasteiger partial charge is 0.480 e. The first-order valence-corrected chi connectivity index (χ1v) is 10.6. The second-order valence-electron chi connectivity index (χ2n) is 7.08. The van der Waals surface area contributed by atoms with Crippen molar-refractivity contribution in [2.45, 2.75) is 12.5 Å². The third-order valence-corrected chi connectivity index (χ3v) is 6.84. The molecule has 0 bridgehead atoms. The minimum Gasteiger partial charge on any atom is -0.480 e. The first-order valence-electron chi connectivity index (χ1n) is 9.04. The Labute approximate surface area is 177 Å². The summed E-state index contributed by atoms with van der Waals surface area (Å²) in [5, 5.41) is 2.98. The standard InChI is InChI=1S/C18H19FN8O3S/c1-18(9-31(28,29)27(2)17(20)26-18)10-6-13(22-7-11(10)19)25-16-15-12(4-5-21-16)24-14(30-3)8-23-15/h4-8H,9H2,1-3H3,(H2,20,26)(H,21,22,25)/t18-/m0/s1. The summed E-state index contributed by atoms with van der Waals surface area (Å²) in [5.74, 6) is -0.477. The highest BCUT2D eigenvalue weighted by Crippen LogP contribution is 2.34. The van der Waals surface area contributed by atoms with Gasteiger partial charge < -0.3 is 15.8 Å². The van der Waals surface area contributed by atoms with Crippen molar-refractivity contribution in [3.63, 3.8) is 0 Å². The van der Waals surface area contributed by atoms with Crippen LogP contribution in [0.1, 0.15) is 12.5 Å². The van der Waals surface area contributed by atoms with Crippen molar-refractivity contribution < 1.29 is 17.5 Å². The molecule has 4 rings (SSSR count). The van der Waals surface area contributed by atoms with Gasteiger partial charge in [-0.25, -0.2) is 42.0 Å². The number of halogens is 1. The minimum absolute atomic E-state index is 0.0256. The van der Waals surface area contributed by atoms with Crippen molar-refractivity contribution in [3.8, 4) is 5.88 Å². The fourth-order valence-corrected chi connectivity index (χ4v) is 4.70. The van der Waals surface area contributed by atoms with Gasteiger partial charge in [0.2, 0.25) is 21.9 Å². The summed E-state index contributed by atoms with van der Waals surface area (Å²) in [6.45, 7) is 1.50. The van der Waals surface area contributed by atoms with E-state index >= 15 is 0 Å². The Morgan fingerprint density at radius 1 is 1.29 bits per heavy atom.